The molecule has 0 radical (unpaired) electrons. The summed E-state index contributed by atoms with van der Waals surface area (Å²) in [7, 11) is 0. The zero-order valence-electron chi connectivity index (χ0n) is 11.2. The smallest absolute Gasteiger partial charge is 0.331 e. The highest BCUT2D eigenvalue weighted by Gasteiger charge is 2.10. The quantitative estimate of drug-likeness (QED) is 0.681. The van der Waals surface area contributed by atoms with Crippen LogP contribution in [0.2, 0.25) is 0 Å². The van der Waals surface area contributed by atoms with E-state index in [0.717, 1.165) is 24.3 Å². The van der Waals surface area contributed by atoms with Gasteiger partial charge >= 0.3 is 5.97 Å². The highest BCUT2D eigenvalue weighted by molar-refractivity contribution is 5.94. The average molecular weight is 307 g/mol. The van der Waals surface area contributed by atoms with E-state index in [0.29, 0.717) is 5.76 Å². The number of hydrogen-bond donors (Lipinski definition) is 1. The summed E-state index contributed by atoms with van der Waals surface area (Å²) in [5.74, 6) is -2.60. The molecule has 1 N–H and O–H groups in total. The first-order valence-electron chi connectivity index (χ1n) is 6.18. The molecular weight excluding hydrogens is 296 g/mol. The summed E-state index contributed by atoms with van der Waals surface area (Å²) in [6.07, 6.45) is 3.88. The van der Waals surface area contributed by atoms with E-state index >= 15 is 0 Å². The third-order valence-electron chi connectivity index (χ3n) is 2.47. The van der Waals surface area contributed by atoms with Crippen LogP contribution in [0.4, 0.5) is 14.5 Å². The molecule has 0 aliphatic rings. The van der Waals surface area contributed by atoms with Gasteiger partial charge in [-0.3, -0.25) is 4.79 Å². The van der Waals surface area contributed by atoms with Crippen LogP contribution in [0.15, 0.2) is 47.1 Å². The van der Waals surface area contributed by atoms with Gasteiger partial charge < -0.3 is 14.5 Å². The zero-order chi connectivity index (χ0) is 15.9. The van der Waals surface area contributed by atoms with Crippen molar-refractivity contribution in [2.24, 2.45) is 0 Å². The van der Waals surface area contributed by atoms with E-state index < -0.39 is 30.1 Å². The van der Waals surface area contributed by atoms with E-state index in [1.165, 1.54) is 12.3 Å². The first-order valence-corrected chi connectivity index (χ1v) is 6.18. The number of ether oxygens (including phenoxy) is 1. The Balaban J connectivity index is 1.82. The molecule has 0 unspecified atom stereocenters. The number of rotatable bonds is 5. The summed E-state index contributed by atoms with van der Waals surface area (Å²) >= 11 is 0. The summed E-state index contributed by atoms with van der Waals surface area (Å²) in [5, 5.41) is 2.10. The van der Waals surface area contributed by atoms with Gasteiger partial charge in [0.05, 0.1) is 12.0 Å². The Bertz CT molecular complexity index is 696. The number of benzene rings is 1. The lowest BCUT2D eigenvalue weighted by atomic mass is 10.3. The minimum absolute atomic E-state index is 0.327. The second-order valence-corrected chi connectivity index (χ2v) is 4.13. The van der Waals surface area contributed by atoms with E-state index in [2.05, 4.69) is 10.1 Å². The molecule has 1 aromatic heterocycles. The number of carbonyl (C=O) groups is 2. The van der Waals surface area contributed by atoms with Gasteiger partial charge in [-0.05, 0) is 30.3 Å². The SMILES string of the molecule is O=C(COC(=O)/C=C/c1ccco1)Nc1cc(F)ccc1F. The minimum atomic E-state index is -0.793. The van der Waals surface area contributed by atoms with E-state index in [4.69, 9.17) is 4.42 Å². The normalized spacial score (nSPS) is 10.6. The molecule has 0 bridgehead atoms. The van der Waals surface area contributed by atoms with Gasteiger partial charge in [0.25, 0.3) is 5.91 Å². The summed E-state index contributed by atoms with van der Waals surface area (Å²) in [6.45, 7) is -0.628. The minimum Gasteiger partial charge on any atom is -0.465 e. The van der Waals surface area contributed by atoms with Crippen LogP contribution in [0.1, 0.15) is 5.76 Å². The molecule has 0 saturated carbocycles. The molecule has 2 aromatic rings. The van der Waals surface area contributed by atoms with Gasteiger partial charge in [0.1, 0.15) is 17.4 Å². The molecule has 1 heterocycles. The summed E-state index contributed by atoms with van der Waals surface area (Å²) < 4.78 is 35.8. The van der Waals surface area contributed by atoms with Crippen LogP contribution in [0.25, 0.3) is 6.08 Å². The molecule has 1 aromatic carbocycles. The van der Waals surface area contributed by atoms with Gasteiger partial charge in [0.15, 0.2) is 6.61 Å². The van der Waals surface area contributed by atoms with Gasteiger partial charge in [-0.1, -0.05) is 0 Å². The van der Waals surface area contributed by atoms with Crippen molar-refractivity contribution in [2.75, 3.05) is 11.9 Å². The third kappa shape index (κ3) is 4.55. The van der Waals surface area contributed by atoms with E-state index in [-0.39, 0.29) is 5.69 Å². The number of esters is 1. The van der Waals surface area contributed by atoms with Gasteiger partial charge in [0.2, 0.25) is 0 Å². The average Bonchev–Trinajstić information content (AvgIpc) is 3.00. The van der Waals surface area contributed by atoms with Crippen molar-refractivity contribution in [2.45, 2.75) is 0 Å². The highest BCUT2D eigenvalue weighted by atomic mass is 19.1. The standard InChI is InChI=1S/C15H11F2NO4/c16-10-3-5-12(17)13(8-10)18-14(19)9-22-15(20)6-4-11-2-1-7-21-11/h1-8H,9H2,(H,18,19)/b6-4+. The lowest BCUT2D eigenvalue weighted by Gasteiger charge is -2.06. The van der Waals surface area contributed by atoms with Crippen LogP contribution >= 0.6 is 0 Å². The van der Waals surface area contributed by atoms with Gasteiger partial charge in [-0.2, -0.15) is 0 Å². The van der Waals surface area contributed by atoms with E-state index in [1.54, 1.807) is 12.1 Å². The fourth-order valence-electron chi connectivity index (χ4n) is 1.50. The third-order valence-corrected chi connectivity index (χ3v) is 2.47. The maximum absolute atomic E-state index is 13.3. The van der Waals surface area contributed by atoms with E-state index in [9.17, 15) is 18.4 Å². The number of carbonyl (C=O) groups excluding carboxylic acids is 2. The van der Waals surface area contributed by atoms with Crippen molar-refractivity contribution < 1.29 is 27.5 Å². The number of amides is 1. The Labute approximate surface area is 124 Å². The van der Waals surface area contributed by atoms with Gasteiger partial charge in [0, 0.05) is 12.1 Å². The first kappa shape index (κ1) is 15.4. The van der Waals surface area contributed by atoms with Crippen molar-refractivity contribution in [3.05, 3.63) is 60.1 Å². The van der Waals surface area contributed by atoms with Crippen molar-refractivity contribution in [3.63, 3.8) is 0 Å². The molecule has 0 aliphatic heterocycles. The molecule has 0 atom stereocenters. The second-order valence-electron chi connectivity index (χ2n) is 4.13. The number of anilines is 1. The molecule has 0 aliphatic carbocycles. The lowest BCUT2D eigenvalue weighted by molar-refractivity contribution is -0.142. The largest absolute Gasteiger partial charge is 0.465 e. The number of halogens is 2. The van der Waals surface area contributed by atoms with Crippen LogP contribution in [0.5, 0.6) is 0 Å². The summed E-state index contributed by atoms with van der Waals surface area (Å²) in [5.41, 5.74) is -0.327. The topological polar surface area (TPSA) is 68.5 Å². The van der Waals surface area contributed by atoms with Gasteiger partial charge in [-0.15, -0.1) is 0 Å². The number of furan rings is 1. The monoisotopic (exact) mass is 307 g/mol. The molecule has 1 amide bonds. The molecule has 0 fully saturated rings. The van der Waals surface area contributed by atoms with Crippen molar-refractivity contribution in [1.29, 1.82) is 0 Å². The second kappa shape index (κ2) is 7.16. The molecule has 22 heavy (non-hydrogen) atoms. The number of nitrogens with one attached hydrogen (secondary N) is 1. The molecule has 5 nitrogen and oxygen atoms in total. The van der Waals surface area contributed by atoms with Crippen LogP contribution in [0, 0.1) is 11.6 Å². The Kier molecular flexibility index (Phi) is 5.02. The van der Waals surface area contributed by atoms with Crippen LogP contribution in [0.3, 0.4) is 0 Å². The Morgan fingerprint density at radius 3 is 2.82 bits per heavy atom. The predicted octanol–water partition coefficient (Wildman–Crippen LogP) is 2.75. The van der Waals surface area contributed by atoms with Crippen LogP contribution in [-0.4, -0.2) is 18.5 Å². The first-order chi connectivity index (χ1) is 10.5. The zero-order valence-corrected chi connectivity index (χ0v) is 11.2. The van der Waals surface area contributed by atoms with Gasteiger partial charge in [-0.25, -0.2) is 13.6 Å². The van der Waals surface area contributed by atoms with Crippen molar-refractivity contribution in [3.8, 4) is 0 Å². The number of hydrogen-bond acceptors (Lipinski definition) is 4. The maximum Gasteiger partial charge on any atom is 0.331 e. The summed E-state index contributed by atoms with van der Waals surface area (Å²) in [4.78, 5) is 22.8. The molecular formula is C15H11F2NO4. The van der Waals surface area contributed by atoms with E-state index in [1.807, 2.05) is 0 Å². The summed E-state index contributed by atoms with van der Waals surface area (Å²) in [6, 6.07) is 5.90. The molecule has 2 rings (SSSR count). The van der Waals surface area contributed by atoms with Crippen molar-refractivity contribution in [1.82, 2.24) is 0 Å². The molecule has 0 spiro atoms. The van der Waals surface area contributed by atoms with Crippen LogP contribution < -0.4 is 5.32 Å². The molecule has 114 valence electrons. The molecule has 7 heteroatoms. The lowest BCUT2D eigenvalue weighted by Crippen LogP contribution is -2.20. The predicted molar refractivity (Wildman–Crippen MR) is 73.7 cm³/mol. The Morgan fingerprint density at radius 2 is 2.09 bits per heavy atom. The Hall–Kier alpha value is -2.96. The fraction of sp³-hybridized carbons (Fsp3) is 0.0667. The Morgan fingerprint density at radius 1 is 1.27 bits per heavy atom. The molecule has 0 saturated heterocycles. The highest BCUT2D eigenvalue weighted by Crippen LogP contribution is 2.14. The maximum atomic E-state index is 13.3. The van der Waals surface area contributed by atoms with Crippen LogP contribution in [-0.2, 0) is 14.3 Å². The van der Waals surface area contributed by atoms with Crippen molar-refractivity contribution >= 4 is 23.6 Å². The fourth-order valence-corrected chi connectivity index (χ4v) is 1.50.